The second kappa shape index (κ2) is 8.26. The Labute approximate surface area is 155 Å². The summed E-state index contributed by atoms with van der Waals surface area (Å²) < 4.78 is 32.0. The number of halogens is 2. The van der Waals surface area contributed by atoms with E-state index in [0.717, 1.165) is 17.7 Å². The average Bonchev–Trinajstić information content (AvgIpc) is 2.69. The van der Waals surface area contributed by atoms with E-state index in [9.17, 15) is 18.4 Å². The van der Waals surface area contributed by atoms with Gasteiger partial charge in [0.2, 0.25) is 0 Å². The molecule has 1 heterocycles. The van der Waals surface area contributed by atoms with Crippen molar-refractivity contribution in [2.75, 3.05) is 25.1 Å². The number of carbonyl (C=O) groups excluding carboxylic acids is 2. The Morgan fingerprint density at radius 2 is 1.70 bits per heavy atom. The molecule has 0 aromatic heterocycles. The van der Waals surface area contributed by atoms with Crippen molar-refractivity contribution in [2.24, 2.45) is 0 Å². The van der Waals surface area contributed by atoms with E-state index < -0.39 is 23.4 Å². The van der Waals surface area contributed by atoms with E-state index in [4.69, 9.17) is 4.74 Å². The van der Waals surface area contributed by atoms with Crippen molar-refractivity contribution in [2.45, 2.75) is 18.3 Å². The molecule has 0 aliphatic carbocycles. The molecule has 3 rings (SSSR count). The summed E-state index contributed by atoms with van der Waals surface area (Å²) in [6.45, 7) is 1.40. The monoisotopic (exact) mass is 374 g/mol. The predicted octanol–water partition coefficient (Wildman–Crippen LogP) is 2.77. The van der Waals surface area contributed by atoms with Crippen molar-refractivity contribution in [1.82, 2.24) is 5.32 Å². The van der Waals surface area contributed by atoms with Crippen LogP contribution >= 0.6 is 0 Å². The van der Waals surface area contributed by atoms with Gasteiger partial charge in [0.05, 0.1) is 5.69 Å². The van der Waals surface area contributed by atoms with Crippen LogP contribution in [-0.4, -0.2) is 31.6 Å². The first-order valence-electron chi connectivity index (χ1n) is 8.68. The molecule has 1 aliphatic rings. The van der Waals surface area contributed by atoms with E-state index >= 15 is 0 Å². The van der Waals surface area contributed by atoms with Crippen molar-refractivity contribution >= 4 is 17.5 Å². The number of amides is 2. The second-order valence-corrected chi connectivity index (χ2v) is 6.52. The third-order valence-corrected chi connectivity index (χ3v) is 4.81. The highest BCUT2D eigenvalue weighted by Crippen LogP contribution is 2.34. The van der Waals surface area contributed by atoms with Crippen LogP contribution in [-0.2, 0) is 19.7 Å². The summed E-state index contributed by atoms with van der Waals surface area (Å²) in [5.41, 5.74) is 0.496. The number of ether oxygens (including phenoxy) is 1. The summed E-state index contributed by atoms with van der Waals surface area (Å²) in [6.07, 6.45) is 1.43. The minimum Gasteiger partial charge on any atom is -0.381 e. The molecule has 142 valence electrons. The van der Waals surface area contributed by atoms with Crippen LogP contribution in [0.2, 0.25) is 0 Å². The van der Waals surface area contributed by atoms with Gasteiger partial charge in [0.25, 0.3) is 0 Å². The molecule has 0 saturated carbocycles. The number of hydrogen-bond acceptors (Lipinski definition) is 3. The average molecular weight is 374 g/mol. The van der Waals surface area contributed by atoms with Crippen molar-refractivity contribution in [3.63, 3.8) is 0 Å². The smallest absolute Gasteiger partial charge is 0.313 e. The highest BCUT2D eigenvalue weighted by atomic mass is 19.1. The topological polar surface area (TPSA) is 67.4 Å². The van der Waals surface area contributed by atoms with Crippen LogP contribution in [0.4, 0.5) is 14.5 Å². The van der Waals surface area contributed by atoms with Gasteiger partial charge in [-0.3, -0.25) is 9.59 Å². The SMILES string of the molecule is O=C(NCC1(c2ccccc2)CCOCC1)C(=O)Nc1ccc(F)cc1F. The lowest BCUT2D eigenvalue weighted by Gasteiger charge is -2.37. The Balaban J connectivity index is 1.66. The second-order valence-electron chi connectivity index (χ2n) is 6.52. The lowest BCUT2D eigenvalue weighted by molar-refractivity contribution is -0.136. The molecule has 2 aromatic rings. The molecule has 27 heavy (non-hydrogen) atoms. The molecule has 0 bridgehead atoms. The number of carbonyl (C=O) groups is 2. The largest absolute Gasteiger partial charge is 0.381 e. The van der Waals surface area contributed by atoms with Gasteiger partial charge < -0.3 is 15.4 Å². The van der Waals surface area contributed by atoms with Crippen molar-refractivity contribution in [3.05, 3.63) is 65.7 Å². The maximum atomic E-state index is 13.6. The van der Waals surface area contributed by atoms with Crippen LogP contribution < -0.4 is 10.6 Å². The number of rotatable bonds is 4. The van der Waals surface area contributed by atoms with E-state index in [1.54, 1.807) is 0 Å². The zero-order chi connectivity index (χ0) is 19.3. The minimum absolute atomic E-state index is 0.250. The molecular weight excluding hydrogens is 354 g/mol. The molecule has 0 radical (unpaired) electrons. The molecule has 7 heteroatoms. The lowest BCUT2D eigenvalue weighted by atomic mass is 9.74. The van der Waals surface area contributed by atoms with Crippen LogP contribution in [0.1, 0.15) is 18.4 Å². The van der Waals surface area contributed by atoms with Crippen molar-refractivity contribution in [3.8, 4) is 0 Å². The summed E-state index contributed by atoms with van der Waals surface area (Å²) in [5, 5.41) is 4.80. The number of hydrogen-bond donors (Lipinski definition) is 2. The van der Waals surface area contributed by atoms with Crippen molar-refractivity contribution < 1.29 is 23.1 Å². The van der Waals surface area contributed by atoms with Crippen LogP contribution in [0.5, 0.6) is 0 Å². The number of anilines is 1. The van der Waals surface area contributed by atoms with Crippen LogP contribution in [0.25, 0.3) is 0 Å². The van der Waals surface area contributed by atoms with E-state index in [1.165, 1.54) is 0 Å². The minimum atomic E-state index is -1.00. The fraction of sp³-hybridized carbons (Fsp3) is 0.300. The quantitative estimate of drug-likeness (QED) is 0.809. The molecule has 2 amide bonds. The Kier molecular flexibility index (Phi) is 5.81. The lowest BCUT2D eigenvalue weighted by Crippen LogP contribution is -2.47. The first-order chi connectivity index (χ1) is 13.0. The summed E-state index contributed by atoms with van der Waals surface area (Å²) >= 11 is 0. The van der Waals surface area contributed by atoms with Crippen LogP contribution in [0.15, 0.2) is 48.5 Å². The number of nitrogens with one attached hydrogen (secondary N) is 2. The molecule has 0 atom stereocenters. The fourth-order valence-electron chi connectivity index (χ4n) is 3.22. The molecule has 0 spiro atoms. The molecule has 1 saturated heterocycles. The Hall–Kier alpha value is -2.80. The van der Waals surface area contributed by atoms with Gasteiger partial charge in [-0.15, -0.1) is 0 Å². The van der Waals surface area contributed by atoms with Gasteiger partial charge in [-0.25, -0.2) is 8.78 Å². The summed E-state index contributed by atoms with van der Waals surface area (Å²) in [4.78, 5) is 24.2. The van der Waals surface area contributed by atoms with Gasteiger partial charge in [0, 0.05) is 31.2 Å². The molecule has 5 nitrogen and oxygen atoms in total. The van der Waals surface area contributed by atoms with Crippen LogP contribution in [0, 0.1) is 11.6 Å². The van der Waals surface area contributed by atoms with Gasteiger partial charge in [-0.05, 0) is 30.5 Å². The molecule has 2 aromatic carbocycles. The Morgan fingerprint density at radius 1 is 1.00 bits per heavy atom. The zero-order valence-corrected chi connectivity index (χ0v) is 14.6. The Morgan fingerprint density at radius 3 is 2.37 bits per heavy atom. The molecule has 0 unspecified atom stereocenters. The standard InChI is InChI=1S/C20H20F2N2O3/c21-15-6-7-17(16(22)12-15)24-19(26)18(25)23-13-20(8-10-27-11-9-20)14-4-2-1-3-5-14/h1-7,12H,8-11,13H2,(H,23,25)(H,24,26). The molecule has 1 fully saturated rings. The molecule has 2 N–H and O–H groups in total. The Bertz CT molecular complexity index is 821. The zero-order valence-electron chi connectivity index (χ0n) is 14.6. The molecular formula is C20H20F2N2O3. The van der Waals surface area contributed by atoms with Gasteiger partial charge in [0.1, 0.15) is 11.6 Å². The van der Waals surface area contributed by atoms with Gasteiger partial charge in [-0.2, -0.15) is 0 Å². The summed E-state index contributed by atoms with van der Waals surface area (Å²) in [6, 6.07) is 12.5. The molecule has 1 aliphatic heterocycles. The fourth-order valence-corrected chi connectivity index (χ4v) is 3.22. The van der Waals surface area contributed by atoms with Gasteiger partial charge >= 0.3 is 11.8 Å². The first kappa shape index (κ1) is 19.0. The highest BCUT2D eigenvalue weighted by molar-refractivity contribution is 6.39. The van der Waals surface area contributed by atoms with Crippen molar-refractivity contribution in [1.29, 1.82) is 0 Å². The van der Waals surface area contributed by atoms with Gasteiger partial charge in [-0.1, -0.05) is 30.3 Å². The maximum absolute atomic E-state index is 13.6. The van der Waals surface area contributed by atoms with E-state index in [0.29, 0.717) is 32.1 Å². The summed E-state index contributed by atoms with van der Waals surface area (Å²) in [5.74, 6) is -3.59. The maximum Gasteiger partial charge on any atom is 0.313 e. The summed E-state index contributed by atoms with van der Waals surface area (Å²) in [7, 11) is 0. The van der Waals surface area contributed by atoms with E-state index in [1.807, 2.05) is 30.3 Å². The van der Waals surface area contributed by atoms with E-state index in [2.05, 4.69) is 10.6 Å². The predicted molar refractivity (Wildman–Crippen MR) is 96.2 cm³/mol. The first-order valence-corrected chi connectivity index (χ1v) is 8.68. The third-order valence-electron chi connectivity index (χ3n) is 4.81. The van der Waals surface area contributed by atoms with Crippen LogP contribution in [0.3, 0.4) is 0 Å². The number of benzene rings is 2. The third kappa shape index (κ3) is 4.49. The van der Waals surface area contributed by atoms with Gasteiger partial charge in [0.15, 0.2) is 0 Å². The highest BCUT2D eigenvalue weighted by Gasteiger charge is 2.35. The normalized spacial score (nSPS) is 15.8. The van der Waals surface area contributed by atoms with E-state index in [-0.39, 0.29) is 17.6 Å².